The smallest absolute Gasteiger partial charge is 0.358 e. The molecule has 0 heterocycles. The standard InChI is InChI=1S/C3H7.CH3.Ru/c1-3-2;;/h3H,1-2H3;1H3;/q2*-1;+2. The summed E-state index contributed by atoms with van der Waals surface area (Å²) in [6.07, 6.45) is 2.00. The molecule has 0 spiro atoms. The molecule has 0 aromatic rings. The first-order valence-corrected chi connectivity index (χ1v) is 1.15. The van der Waals surface area contributed by atoms with Gasteiger partial charge in [-0.05, 0) is 0 Å². The monoisotopic (exact) mass is 160 g/mol. The van der Waals surface area contributed by atoms with Crippen molar-refractivity contribution in [3.63, 3.8) is 0 Å². The fraction of sp³-hybridized carbons (Fsp3) is 0.500. The average molecular weight is 159 g/mol. The molecule has 0 amide bonds. The third-order valence-corrected chi connectivity index (χ3v) is 0. The molecule has 0 radical (unpaired) electrons. The van der Waals surface area contributed by atoms with Crippen molar-refractivity contribution in [1.82, 2.24) is 0 Å². The molecule has 0 aromatic carbocycles. The first-order valence-electron chi connectivity index (χ1n) is 1.15. The second-order valence-corrected chi connectivity index (χ2v) is 0.577. The zero-order valence-corrected chi connectivity index (χ0v) is 5.67. The van der Waals surface area contributed by atoms with Gasteiger partial charge in [-0.1, -0.05) is 0 Å². The predicted octanol–water partition coefficient (Wildman–Crippen LogP) is 1.68. The quantitative estimate of drug-likeness (QED) is 0.372. The normalized spacial score (nSPS) is 3.60. The Bertz CT molecular complexity index is 3.61. The summed E-state index contributed by atoms with van der Waals surface area (Å²) in [7, 11) is 0. The van der Waals surface area contributed by atoms with Crippen molar-refractivity contribution in [2.75, 3.05) is 0 Å². The third kappa shape index (κ3) is 81.9. The van der Waals surface area contributed by atoms with Crippen LogP contribution < -0.4 is 0 Å². The van der Waals surface area contributed by atoms with E-state index >= 15 is 0 Å². The van der Waals surface area contributed by atoms with Crippen LogP contribution in [0.15, 0.2) is 0 Å². The number of rotatable bonds is 0. The van der Waals surface area contributed by atoms with E-state index in [2.05, 4.69) is 0 Å². The van der Waals surface area contributed by atoms with Crippen LogP contribution in [-0.2, 0) is 19.5 Å². The molecule has 0 unspecified atom stereocenters. The second-order valence-electron chi connectivity index (χ2n) is 0.577. The van der Waals surface area contributed by atoms with Gasteiger partial charge in [-0.15, -0.1) is 0 Å². The van der Waals surface area contributed by atoms with Gasteiger partial charge >= 0.3 is 19.5 Å². The van der Waals surface area contributed by atoms with E-state index in [0.717, 1.165) is 0 Å². The Morgan fingerprint density at radius 3 is 1.20 bits per heavy atom. The Morgan fingerprint density at radius 1 is 1.20 bits per heavy atom. The molecule has 0 bridgehead atoms. The molecule has 0 rings (SSSR count). The van der Waals surface area contributed by atoms with Gasteiger partial charge in [-0.25, -0.2) is 0 Å². The molecule has 1 heteroatoms. The predicted molar refractivity (Wildman–Crippen MR) is 22.1 cm³/mol. The SMILES string of the molecule is C[CH-]C.[CH3-].[Ru+2]. The summed E-state index contributed by atoms with van der Waals surface area (Å²) in [5, 5.41) is 0. The van der Waals surface area contributed by atoms with E-state index < -0.39 is 0 Å². The summed E-state index contributed by atoms with van der Waals surface area (Å²) in [5.41, 5.74) is 0. The summed E-state index contributed by atoms with van der Waals surface area (Å²) in [5.74, 6) is 0. The average Bonchev–Trinajstić information content (AvgIpc) is 0.918. The van der Waals surface area contributed by atoms with Crippen molar-refractivity contribution >= 4 is 0 Å². The van der Waals surface area contributed by atoms with E-state index in [0.29, 0.717) is 0 Å². The van der Waals surface area contributed by atoms with E-state index in [1.807, 2.05) is 20.3 Å². The molecule has 34 valence electrons. The zero-order valence-electron chi connectivity index (χ0n) is 3.93. The van der Waals surface area contributed by atoms with Crippen molar-refractivity contribution in [2.24, 2.45) is 0 Å². The van der Waals surface area contributed by atoms with Crippen LogP contribution in [0.5, 0.6) is 0 Å². The Morgan fingerprint density at radius 2 is 1.20 bits per heavy atom. The molecule has 5 heavy (non-hydrogen) atoms. The van der Waals surface area contributed by atoms with Crippen LogP contribution in [-0.4, -0.2) is 0 Å². The minimum Gasteiger partial charge on any atom is -0.358 e. The molecular formula is C4H10Ru. The molecule has 0 aliphatic heterocycles. The topological polar surface area (TPSA) is 0 Å². The molecular weight excluding hydrogens is 149 g/mol. The van der Waals surface area contributed by atoms with Crippen molar-refractivity contribution in [3.05, 3.63) is 13.8 Å². The molecule has 0 aliphatic rings. The second kappa shape index (κ2) is 23.0. The summed E-state index contributed by atoms with van der Waals surface area (Å²) in [6.45, 7) is 4.00. The largest absolute Gasteiger partial charge is 2.00 e. The van der Waals surface area contributed by atoms with Gasteiger partial charge in [-0.2, -0.15) is 13.8 Å². The molecule has 0 saturated carbocycles. The van der Waals surface area contributed by atoms with Gasteiger partial charge in [0.05, 0.1) is 0 Å². The van der Waals surface area contributed by atoms with Gasteiger partial charge in [-0.3, -0.25) is 0 Å². The van der Waals surface area contributed by atoms with E-state index in [1.54, 1.807) is 0 Å². The molecule has 0 N–H and O–H groups in total. The van der Waals surface area contributed by atoms with Gasteiger partial charge in [0.1, 0.15) is 0 Å². The fourth-order valence-electron chi connectivity index (χ4n) is 0. The van der Waals surface area contributed by atoms with Crippen molar-refractivity contribution < 1.29 is 19.5 Å². The minimum absolute atomic E-state index is 0. The van der Waals surface area contributed by atoms with E-state index in [9.17, 15) is 0 Å². The Hall–Kier alpha value is 0.623. The van der Waals surface area contributed by atoms with Gasteiger partial charge in [0.15, 0.2) is 0 Å². The third-order valence-electron chi connectivity index (χ3n) is 0. The Labute approximate surface area is 47.7 Å². The summed E-state index contributed by atoms with van der Waals surface area (Å²) in [6, 6.07) is 0. The first kappa shape index (κ1) is 17.5. The molecule has 0 aromatic heterocycles. The maximum atomic E-state index is 2.00. The van der Waals surface area contributed by atoms with Crippen LogP contribution in [0.1, 0.15) is 13.8 Å². The molecule has 0 aliphatic carbocycles. The minimum atomic E-state index is 0. The van der Waals surface area contributed by atoms with Crippen LogP contribution in [0.4, 0.5) is 0 Å². The summed E-state index contributed by atoms with van der Waals surface area (Å²) in [4.78, 5) is 0. The fourth-order valence-corrected chi connectivity index (χ4v) is 0. The maximum Gasteiger partial charge on any atom is 2.00 e. The molecule has 0 atom stereocenters. The molecule has 0 fully saturated rings. The van der Waals surface area contributed by atoms with Gasteiger partial charge < -0.3 is 13.8 Å². The van der Waals surface area contributed by atoms with Gasteiger partial charge in [0, 0.05) is 0 Å². The van der Waals surface area contributed by atoms with E-state index in [4.69, 9.17) is 0 Å². The van der Waals surface area contributed by atoms with E-state index in [-0.39, 0.29) is 26.9 Å². The summed E-state index contributed by atoms with van der Waals surface area (Å²) < 4.78 is 0. The first-order chi connectivity index (χ1) is 1.41. The number of hydrogen-bond donors (Lipinski definition) is 0. The van der Waals surface area contributed by atoms with Crippen LogP contribution in [0, 0.1) is 13.8 Å². The number of hydrogen-bond acceptors (Lipinski definition) is 0. The van der Waals surface area contributed by atoms with Crippen LogP contribution in [0.2, 0.25) is 0 Å². The van der Waals surface area contributed by atoms with Gasteiger partial charge in [0.2, 0.25) is 0 Å². The van der Waals surface area contributed by atoms with Crippen LogP contribution in [0.3, 0.4) is 0 Å². The molecule has 0 saturated heterocycles. The van der Waals surface area contributed by atoms with Crippen molar-refractivity contribution in [1.29, 1.82) is 0 Å². The Kier molecular flexibility index (Phi) is 80.5. The zero-order chi connectivity index (χ0) is 2.71. The Balaban J connectivity index is -0.0000000200. The summed E-state index contributed by atoms with van der Waals surface area (Å²) >= 11 is 0. The van der Waals surface area contributed by atoms with Crippen LogP contribution >= 0.6 is 0 Å². The molecule has 0 nitrogen and oxygen atoms in total. The maximum absolute atomic E-state index is 2.00. The van der Waals surface area contributed by atoms with Crippen LogP contribution in [0.25, 0.3) is 0 Å². The van der Waals surface area contributed by atoms with Crippen molar-refractivity contribution in [3.8, 4) is 0 Å². The van der Waals surface area contributed by atoms with Gasteiger partial charge in [0.25, 0.3) is 0 Å². The van der Waals surface area contributed by atoms with Crippen molar-refractivity contribution in [2.45, 2.75) is 13.8 Å². The van der Waals surface area contributed by atoms with E-state index in [1.165, 1.54) is 0 Å².